The normalized spacial score (nSPS) is 16.7. The van der Waals surface area contributed by atoms with Gasteiger partial charge in [-0.25, -0.2) is 0 Å². The van der Waals surface area contributed by atoms with E-state index in [9.17, 15) is 0 Å². The number of hydrogen-bond donors (Lipinski definition) is 0. The monoisotopic (exact) mass is 408 g/mol. The van der Waals surface area contributed by atoms with E-state index in [1.807, 2.05) is 0 Å². The number of rotatable bonds is 15. The molecule has 0 radical (unpaired) electrons. The van der Waals surface area contributed by atoms with Crippen LogP contribution >= 0.6 is 0 Å². The summed E-state index contributed by atoms with van der Waals surface area (Å²) in [5.41, 5.74) is 1.51. The van der Waals surface area contributed by atoms with Crippen molar-refractivity contribution >= 4 is 14.1 Å². The first-order valence-electron chi connectivity index (χ1n) is 12.7. The maximum absolute atomic E-state index is 2.57. The van der Waals surface area contributed by atoms with Crippen LogP contribution in [0, 0.1) is 34.0 Å². The van der Waals surface area contributed by atoms with Crippen LogP contribution in [0.25, 0.3) is 0 Å². The minimum absolute atomic E-state index is 0.504. The fraction of sp³-hybridized carbons (Fsp3) is 1.00. The summed E-state index contributed by atoms with van der Waals surface area (Å²) >= 11 is -0.782. The van der Waals surface area contributed by atoms with Gasteiger partial charge >= 0.3 is 0 Å². The second-order valence-corrected chi connectivity index (χ2v) is 15.6. The van der Waals surface area contributed by atoms with Crippen molar-refractivity contribution in [2.45, 2.75) is 137 Å². The summed E-state index contributed by atoms with van der Waals surface area (Å²) in [4.78, 5) is 0. The van der Waals surface area contributed by atoms with Crippen LogP contribution in [0.15, 0.2) is 0 Å². The molecule has 28 heavy (non-hydrogen) atoms. The molecular formula is C27H57Al. The molecule has 0 aliphatic rings. The summed E-state index contributed by atoms with van der Waals surface area (Å²) in [6.07, 6.45) is 8.10. The summed E-state index contributed by atoms with van der Waals surface area (Å²) in [7, 11) is 0. The summed E-state index contributed by atoms with van der Waals surface area (Å²) in [5.74, 6) is 2.60. The molecule has 0 saturated carbocycles. The van der Waals surface area contributed by atoms with Crippen molar-refractivity contribution in [1.29, 1.82) is 0 Å². The minimum atomic E-state index is -0.782. The highest BCUT2D eigenvalue weighted by Crippen LogP contribution is 2.43. The van der Waals surface area contributed by atoms with Gasteiger partial charge in [0.15, 0.2) is 0 Å². The summed E-state index contributed by atoms with van der Waals surface area (Å²) in [6, 6.07) is 0. The van der Waals surface area contributed by atoms with E-state index in [0.717, 1.165) is 17.8 Å². The Bertz CT molecular complexity index is 345. The smallest absolute Gasteiger partial charge is 0.0908 e. The zero-order valence-corrected chi connectivity index (χ0v) is 23.3. The Hall–Kier alpha value is 0.532. The number of hydrogen-bond acceptors (Lipinski definition) is 0. The molecule has 0 fully saturated rings. The van der Waals surface area contributed by atoms with E-state index in [1.165, 1.54) is 38.5 Å². The highest BCUT2D eigenvalue weighted by Gasteiger charge is 2.36. The van der Waals surface area contributed by atoms with Crippen LogP contribution in [0.1, 0.15) is 122 Å². The molecule has 0 rings (SSSR count). The first-order chi connectivity index (χ1) is 12.7. The molecule has 0 aromatic heterocycles. The standard InChI is InChI=1S/3C9H19.Al/c3*1-6-7-9(4,5)8(2)3;/h3*8H,2,6-7H2,1,3-5H3;. The fourth-order valence-corrected chi connectivity index (χ4v) is 10.9. The fourth-order valence-electron chi connectivity index (χ4n) is 5.42. The molecule has 3 atom stereocenters. The predicted octanol–water partition coefficient (Wildman–Crippen LogP) is 9.87. The van der Waals surface area contributed by atoms with Gasteiger partial charge in [0.25, 0.3) is 14.1 Å². The first kappa shape index (κ1) is 28.5. The average molecular weight is 409 g/mol. The molecule has 0 aromatic rings. The Kier molecular flexibility index (Phi) is 12.6. The van der Waals surface area contributed by atoms with Crippen molar-refractivity contribution in [2.75, 3.05) is 0 Å². The summed E-state index contributed by atoms with van der Waals surface area (Å²) in [6.45, 7) is 29.9. The van der Waals surface area contributed by atoms with Crippen molar-refractivity contribution < 1.29 is 0 Å². The Morgan fingerprint density at radius 1 is 0.500 bits per heavy atom. The van der Waals surface area contributed by atoms with Crippen molar-refractivity contribution in [2.24, 2.45) is 34.0 Å². The molecule has 0 nitrogen and oxygen atoms in total. The Morgan fingerprint density at radius 2 is 0.714 bits per heavy atom. The van der Waals surface area contributed by atoms with Crippen LogP contribution in [0.2, 0.25) is 15.8 Å². The van der Waals surface area contributed by atoms with E-state index in [4.69, 9.17) is 0 Å². The molecule has 0 spiro atoms. The lowest BCUT2D eigenvalue weighted by Crippen LogP contribution is -2.34. The van der Waals surface area contributed by atoms with Gasteiger partial charge in [0.2, 0.25) is 0 Å². The first-order valence-corrected chi connectivity index (χ1v) is 15.2. The molecule has 1 heteroatoms. The van der Waals surface area contributed by atoms with Crippen molar-refractivity contribution in [1.82, 2.24) is 0 Å². The molecule has 0 aromatic carbocycles. The van der Waals surface area contributed by atoms with Gasteiger partial charge in [0, 0.05) is 0 Å². The molecule has 3 unspecified atom stereocenters. The lowest BCUT2D eigenvalue weighted by atomic mass is 9.77. The van der Waals surface area contributed by atoms with Gasteiger partial charge in [-0.3, -0.25) is 0 Å². The van der Waals surface area contributed by atoms with E-state index < -0.39 is 14.1 Å². The maximum Gasteiger partial charge on any atom is 0.262 e. The van der Waals surface area contributed by atoms with Gasteiger partial charge < -0.3 is 0 Å². The summed E-state index contributed by atoms with van der Waals surface area (Å²) < 4.78 is 0. The van der Waals surface area contributed by atoms with E-state index in [-0.39, 0.29) is 0 Å². The van der Waals surface area contributed by atoms with E-state index in [1.54, 1.807) is 15.8 Å². The van der Waals surface area contributed by atoms with Gasteiger partial charge in [-0.1, -0.05) is 136 Å². The van der Waals surface area contributed by atoms with Crippen molar-refractivity contribution in [3.63, 3.8) is 0 Å². The van der Waals surface area contributed by atoms with Gasteiger partial charge in [-0.2, -0.15) is 0 Å². The van der Waals surface area contributed by atoms with Crippen LogP contribution in [0.4, 0.5) is 0 Å². The van der Waals surface area contributed by atoms with Crippen LogP contribution in [-0.4, -0.2) is 14.1 Å². The highest BCUT2D eigenvalue weighted by molar-refractivity contribution is 6.59. The Morgan fingerprint density at radius 3 is 0.893 bits per heavy atom. The second kappa shape index (κ2) is 12.4. The molecule has 0 aliphatic carbocycles. The van der Waals surface area contributed by atoms with Crippen LogP contribution in [-0.2, 0) is 0 Å². The van der Waals surface area contributed by atoms with Gasteiger partial charge in [0.05, 0.1) is 0 Å². The molecule has 168 valence electrons. The minimum Gasteiger partial charge on any atom is -0.0908 e. The second-order valence-electron chi connectivity index (χ2n) is 12.5. The third-order valence-corrected chi connectivity index (χ3v) is 12.9. The average Bonchev–Trinajstić information content (AvgIpc) is 2.54. The van der Waals surface area contributed by atoms with Crippen LogP contribution < -0.4 is 0 Å². The molecule has 0 heterocycles. The molecule has 0 N–H and O–H groups in total. The molecule has 0 aliphatic heterocycles. The third kappa shape index (κ3) is 9.56. The van der Waals surface area contributed by atoms with Gasteiger partial charge in [0.1, 0.15) is 0 Å². The zero-order valence-electron chi connectivity index (χ0n) is 22.2. The van der Waals surface area contributed by atoms with Gasteiger partial charge in [-0.15, -0.1) is 0 Å². The predicted molar refractivity (Wildman–Crippen MR) is 134 cm³/mol. The van der Waals surface area contributed by atoms with Crippen molar-refractivity contribution in [3.8, 4) is 0 Å². The lowest BCUT2D eigenvalue weighted by Gasteiger charge is -2.39. The van der Waals surface area contributed by atoms with E-state index >= 15 is 0 Å². The quantitative estimate of drug-likeness (QED) is 0.236. The SMILES string of the molecule is CCCC(C)(C)C(C)[CH2][Al]([CH2]C(C)C(C)(C)CCC)[CH2]C(C)C(C)(C)CCC. The molecule has 0 amide bonds. The zero-order chi connectivity index (χ0) is 22.2. The topological polar surface area (TPSA) is 0 Å². The lowest BCUT2D eigenvalue weighted by molar-refractivity contribution is 0.209. The highest BCUT2D eigenvalue weighted by atomic mass is 27.2. The van der Waals surface area contributed by atoms with E-state index in [2.05, 4.69) is 83.1 Å². The van der Waals surface area contributed by atoms with Crippen molar-refractivity contribution in [3.05, 3.63) is 0 Å². The Balaban J connectivity index is 5.36. The molecule has 0 bridgehead atoms. The van der Waals surface area contributed by atoms with E-state index in [0.29, 0.717) is 16.2 Å². The molecule has 0 saturated heterocycles. The summed E-state index contributed by atoms with van der Waals surface area (Å²) in [5, 5.41) is 4.64. The third-order valence-electron chi connectivity index (χ3n) is 8.75. The molecular weight excluding hydrogens is 351 g/mol. The Labute approximate surface area is 185 Å². The van der Waals surface area contributed by atoms with Crippen LogP contribution in [0.3, 0.4) is 0 Å². The maximum atomic E-state index is 2.57. The van der Waals surface area contributed by atoms with Gasteiger partial charge in [-0.05, 0) is 35.5 Å². The largest absolute Gasteiger partial charge is 0.262 e. The van der Waals surface area contributed by atoms with Crippen LogP contribution in [0.5, 0.6) is 0 Å².